The van der Waals surface area contributed by atoms with Gasteiger partial charge < -0.3 is 9.42 Å². The molecule has 0 aliphatic carbocycles. The molecule has 0 spiro atoms. The van der Waals surface area contributed by atoms with Crippen LogP contribution in [0.5, 0.6) is 0 Å². The molecule has 1 saturated heterocycles. The van der Waals surface area contributed by atoms with Crippen molar-refractivity contribution in [3.8, 4) is 11.5 Å². The fourth-order valence-corrected chi connectivity index (χ4v) is 3.49. The molecule has 4 rings (SSSR count). The third-order valence-corrected chi connectivity index (χ3v) is 5.06. The van der Waals surface area contributed by atoms with Crippen molar-refractivity contribution < 1.29 is 4.52 Å². The first-order valence-electron chi connectivity index (χ1n) is 9.42. The first-order chi connectivity index (χ1) is 12.8. The summed E-state index contributed by atoms with van der Waals surface area (Å²) in [4.78, 5) is 11.5. The summed E-state index contributed by atoms with van der Waals surface area (Å²) < 4.78 is 5.56. The van der Waals surface area contributed by atoms with Crippen LogP contribution in [-0.4, -0.2) is 28.2 Å². The summed E-state index contributed by atoms with van der Waals surface area (Å²) in [6.07, 6.45) is 6.29. The van der Waals surface area contributed by atoms with Crippen molar-refractivity contribution >= 4 is 5.69 Å². The SMILES string of the molecule is CCC(Cc1ccccc1)c1nc(-c2ccc(N3CCCC3)cn2)no1. The molecule has 3 aromatic rings. The van der Waals surface area contributed by atoms with E-state index in [0.29, 0.717) is 11.7 Å². The Bertz CT molecular complexity index is 823. The summed E-state index contributed by atoms with van der Waals surface area (Å²) in [6, 6.07) is 14.5. The van der Waals surface area contributed by atoms with Crippen molar-refractivity contribution in [2.75, 3.05) is 18.0 Å². The lowest BCUT2D eigenvalue weighted by Crippen LogP contribution is -2.17. The molecule has 5 heteroatoms. The number of hydrogen-bond acceptors (Lipinski definition) is 5. The van der Waals surface area contributed by atoms with Crippen LogP contribution < -0.4 is 4.90 Å². The fourth-order valence-electron chi connectivity index (χ4n) is 3.49. The topological polar surface area (TPSA) is 55.1 Å². The number of anilines is 1. The van der Waals surface area contributed by atoms with Crippen LogP contribution in [0, 0.1) is 0 Å². The summed E-state index contributed by atoms with van der Waals surface area (Å²) in [5.41, 5.74) is 3.22. The van der Waals surface area contributed by atoms with Crippen LogP contribution in [0.4, 0.5) is 5.69 Å². The number of pyridine rings is 1. The first-order valence-corrected chi connectivity index (χ1v) is 9.42. The maximum absolute atomic E-state index is 5.56. The highest BCUT2D eigenvalue weighted by molar-refractivity contribution is 5.54. The average molecular weight is 348 g/mol. The first kappa shape index (κ1) is 16.8. The van der Waals surface area contributed by atoms with Crippen LogP contribution in [-0.2, 0) is 6.42 Å². The van der Waals surface area contributed by atoms with Gasteiger partial charge in [0, 0.05) is 19.0 Å². The lowest BCUT2D eigenvalue weighted by Gasteiger charge is -2.16. The van der Waals surface area contributed by atoms with Crippen LogP contribution in [0.3, 0.4) is 0 Å². The Morgan fingerprint density at radius 2 is 1.88 bits per heavy atom. The Balaban J connectivity index is 1.49. The van der Waals surface area contributed by atoms with Gasteiger partial charge in [0.05, 0.1) is 11.9 Å². The van der Waals surface area contributed by atoms with E-state index in [4.69, 9.17) is 4.52 Å². The van der Waals surface area contributed by atoms with E-state index in [1.165, 1.54) is 24.1 Å². The van der Waals surface area contributed by atoms with Crippen LogP contribution in [0.2, 0.25) is 0 Å². The molecule has 1 aromatic carbocycles. The lowest BCUT2D eigenvalue weighted by molar-refractivity contribution is 0.348. The molecule has 1 fully saturated rings. The van der Waals surface area contributed by atoms with Crippen molar-refractivity contribution in [3.63, 3.8) is 0 Å². The smallest absolute Gasteiger partial charge is 0.230 e. The number of aromatic nitrogens is 3. The second-order valence-electron chi connectivity index (χ2n) is 6.85. The van der Waals surface area contributed by atoms with Crippen LogP contribution in [0.25, 0.3) is 11.5 Å². The molecule has 26 heavy (non-hydrogen) atoms. The van der Waals surface area contributed by atoms with Crippen molar-refractivity contribution in [1.82, 2.24) is 15.1 Å². The number of rotatable bonds is 6. The van der Waals surface area contributed by atoms with Gasteiger partial charge in [-0.3, -0.25) is 4.98 Å². The molecule has 0 amide bonds. The molecule has 0 bridgehead atoms. The van der Waals surface area contributed by atoms with E-state index in [0.717, 1.165) is 31.6 Å². The number of hydrogen-bond donors (Lipinski definition) is 0. The highest BCUT2D eigenvalue weighted by Crippen LogP contribution is 2.26. The minimum atomic E-state index is 0.225. The van der Waals surface area contributed by atoms with Crippen LogP contribution >= 0.6 is 0 Å². The highest BCUT2D eigenvalue weighted by Gasteiger charge is 2.19. The van der Waals surface area contributed by atoms with Crippen LogP contribution in [0.1, 0.15) is 43.6 Å². The van der Waals surface area contributed by atoms with Crippen LogP contribution in [0.15, 0.2) is 53.2 Å². The molecule has 3 heterocycles. The zero-order chi connectivity index (χ0) is 17.8. The van der Waals surface area contributed by atoms with Gasteiger partial charge in [0.15, 0.2) is 0 Å². The second-order valence-corrected chi connectivity index (χ2v) is 6.85. The molecule has 0 saturated carbocycles. The normalized spacial score (nSPS) is 15.3. The van der Waals surface area contributed by atoms with Gasteiger partial charge in [-0.25, -0.2) is 0 Å². The van der Waals surface area contributed by atoms with E-state index in [1.54, 1.807) is 0 Å². The minimum absolute atomic E-state index is 0.225. The van der Waals surface area contributed by atoms with Crippen molar-refractivity contribution in [2.45, 2.75) is 38.5 Å². The van der Waals surface area contributed by atoms with Gasteiger partial charge in [-0.1, -0.05) is 42.4 Å². The Kier molecular flexibility index (Phi) is 4.95. The minimum Gasteiger partial charge on any atom is -0.370 e. The van der Waals surface area contributed by atoms with E-state index >= 15 is 0 Å². The van der Waals surface area contributed by atoms with Gasteiger partial charge in [0.25, 0.3) is 0 Å². The average Bonchev–Trinajstić information content (AvgIpc) is 3.39. The van der Waals surface area contributed by atoms with Gasteiger partial charge in [-0.05, 0) is 43.4 Å². The predicted molar refractivity (Wildman–Crippen MR) is 102 cm³/mol. The van der Waals surface area contributed by atoms with Crippen molar-refractivity contribution in [2.24, 2.45) is 0 Å². The molecule has 0 radical (unpaired) electrons. The summed E-state index contributed by atoms with van der Waals surface area (Å²) in [6.45, 7) is 4.39. The largest absolute Gasteiger partial charge is 0.370 e. The maximum atomic E-state index is 5.56. The molecule has 134 valence electrons. The Labute approximate surface area is 154 Å². The summed E-state index contributed by atoms with van der Waals surface area (Å²) in [7, 11) is 0. The van der Waals surface area contributed by atoms with Gasteiger partial charge in [0.2, 0.25) is 11.7 Å². The van der Waals surface area contributed by atoms with Gasteiger partial charge in [-0.15, -0.1) is 0 Å². The van der Waals surface area contributed by atoms with Crippen molar-refractivity contribution in [3.05, 3.63) is 60.1 Å². The van der Waals surface area contributed by atoms with E-state index in [-0.39, 0.29) is 5.92 Å². The highest BCUT2D eigenvalue weighted by atomic mass is 16.5. The molecule has 1 aliphatic rings. The maximum Gasteiger partial charge on any atom is 0.230 e. The van der Waals surface area contributed by atoms with Gasteiger partial charge in [0.1, 0.15) is 5.69 Å². The molecule has 5 nitrogen and oxygen atoms in total. The standard InChI is InChI=1S/C21H24N4O/c1-2-17(14-16-8-4-3-5-9-16)21-23-20(24-26-21)19-11-10-18(15-22-19)25-12-6-7-13-25/h3-5,8-11,15,17H,2,6-7,12-14H2,1H3. The molecule has 1 unspecified atom stereocenters. The van der Waals surface area contributed by atoms with Gasteiger partial charge in [-0.2, -0.15) is 4.98 Å². The molecule has 0 N–H and O–H groups in total. The quantitative estimate of drug-likeness (QED) is 0.658. The van der Waals surface area contributed by atoms with E-state index < -0.39 is 0 Å². The zero-order valence-electron chi connectivity index (χ0n) is 15.1. The molecule has 1 aliphatic heterocycles. The van der Waals surface area contributed by atoms with E-state index in [1.807, 2.05) is 18.3 Å². The summed E-state index contributed by atoms with van der Waals surface area (Å²) in [5.74, 6) is 1.48. The van der Waals surface area contributed by atoms with E-state index in [2.05, 4.69) is 57.3 Å². The monoisotopic (exact) mass is 348 g/mol. The Hall–Kier alpha value is -2.69. The lowest BCUT2D eigenvalue weighted by atomic mass is 9.97. The summed E-state index contributed by atoms with van der Waals surface area (Å²) in [5, 5.41) is 4.16. The molecular weight excluding hydrogens is 324 g/mol. The Morgan fingerprint density at radius 1 is 1.08 bits per heavy atom. The molecule has 1 atom stereocenters. The number of benzene rings is 1. The molecular formula is C21H24N4O. The zero-order valence-corrected chi connectivity index (χ0v) is 15.1. The van der Waals surface area contributed by atoms with Gasteiger partial charge >= 0.3 is 0 Å². The number of nitrogens with zero attached hydrogens (tertiary/aromatic N) is 4. The molecule has 2 aromatic heterocycles. The fraction of sp³-hybridized carbons (Fsp3) is 0.381. The summed E-state index contributed by atoms with van der Waals surface area (Å²) >= 11 is 0. The van der Waals surface area contributed by atoms with Crippen molar-refractivity contribution in [1.29, 1.82) is 0 Å². The van der Waals surface area contributed by atoms with E-state index in [9.17, 15) is 0 Å². The second kappa shape index (κ2) is 7.68. The third-order valence-electron chi connectivity index (χ3n) is 5.06. The Morgan fingerprint density at radius 3 is 2.58 bits per heavy atom. The third kappa shape index (κ3) is 3.62. The predicted octanol–water partition coefficient (Wildman–Crippen LogP) is 4.47.